The summed E-state index contributed by atoms with van der Waals surface area (Å²) in [5.74, 6) is 1.55. The number of para-hydroxylation sites is 2. The Morgan fingerprint density at radius 2 is 1.68 bits per heavy atom. The van der Waals surface area contributed by atoms with E-state index in [-0.39, 0.29) is 0 Å². The van der Waals surface area contributed by atoms with E-state index >= 15 is 0 Å². The fraction of sp³-hybridized carbons (Fsp3) is 0.136. The normalized spacial score (nSPS) is 10.8. The molecule has 0 heterocycles. The van der Waals surface area contributed by atoms with Crippen molar-refractivity contribution in [2.45, 2.75) is 13.2 Å². The van der Waals surface area contributed by atoms with Gasteiger partial charge in [0.15, 0.2) is 0 Å². The van der Waals surface area contributed by atoms with Crippen molar-refractivity contribution >= 4 is 29.4 Å². The van der Waals surface area contributed by atoms with E-state index in [4.69, 9.17) is 32.7 Å². The Bertz CT molecular complexity index is 961. The van der Waals surface area contributed by atoms with Crippen molar-refractivity contribution in [3.63, 3.8) is 0 Å². The fourth-order valence-electron chi connectivity index (χ4n) is 2.61. The molecule has 0 unspecified atom stereocenters. The van der Waals surface area contributed by atoms with Gasteiger partial charge in [-0.15, -0.1) is 0 Å². The summed E-state index contributed by atoms with van der Waals surface area (Å²) in [6.07, 6.45) is 1.73. The molecule has 0 saturated heterocycles. The van der Waals surface area contributed by atoms with Gasteiger partial charge in [-0.3, -0.25) is 0 Å². The highest BCUT2D eigenvalue weighted by molar-refractivity contribution is 6.35. The zero-order chi connectivity index (χ0) is 19.8. The van der Waals surface area contributed by atoms with Crippen LogP contribution in [0.1, 0.15) is 16.7 Å². The zero-order valence-electron chi connectivity index (χ0n) is 15.4. The lowest BCUT2D eigenvalue weighted by molar-refractivity contribution is 0.306. The Hall–Kier alpha value is -2.69. The third-order valence-electron chi connectivity index (χ3n) is 4.07. The summed E-state index contributed by atoms with van der Waals surface area (Å²) < 4.78 is 11.3. The predicted octanol–water partition coefficient (Wildman–Crippen LogP) is 5.70. The van der Waals surface area contributed by atoms with Crippen molar-refractivity contribution in [2.75, 3.05) is 7.11 Å². The Morgan fingerprint density at radius 1 is 0.929 bits per heavy atom. The molecule has 0 spiro atoms. The summed E-state index contributed by atoms with van der Waals surface area (Å²) in [4.78, 5) is 0. The van der Waals surface area contributed by atoms with E-state index in [1.54, 1.807) is 25.5 Å². The molecular weight excluding hydrogens is 395 g/mol. The van der Waals surface area contributed by atoms with Crippen LogP contribution in [-0.2, 0) is 13.2 Å². The van der Waals surface area contributed by atoms with E-state index in [9.17, 15) is 0 Å². The average Bonchev–Trinajstić information content (AvgIpc) is 2.71. The fourth-order valence-corrected chi connectivity index (χ4v) is 3.07. The van der Waals surface area contributed by atoms with Crippen molar-refractivity contribution in [1.29, 1.82) is 0 Å². The second-order valence-corrected chi connectivity index (χ2v) is 6.81. The third-order valence-corrected chi connectivity index (χ3v) is 4.66. The van der Waals surface area contributed by atoms with E-state index in [0.29, 0.717) is 23.2 Å². The molecule has 0 bridgehead atoms. The quantitative estimate of drug-likeness (QED) is 0.379. The van der Waals surface area contributed by atoms with Crippen LogP contribution >= 0.6 is 23.2 Å². The summed E-state index contributed by atoms with van der Waals surface area (Å²) in [7, 11) is 1.66. The van der Waals surface area contributed by atoms with Crippen molar-refractivity contribution < 1.29 is 9.47 Å². The van der Waals surface area contributed by atoms with Gasteiger partial charge < -0.3 is 14.9 Å². The van der Waals surface area contributed by atoms with E-state index in [1.165, 1.54) is 0 Å². The van der Waals surface area contributed by atoms with Gasteiger partial charge >= 0.3 is 0 Å². The predicted molar refractivity (Wildman–Crippen MR) is 115 cm³/mol. The lowest BCUT2D eigenvalue weighted by atomic mass is 10.2. The summed E-state index contributed by atoms with van der Waals surface area (Å²) >= 11 is 12.1. The molecular formula is C22H20Cl2N2O2. The number of hydrogen-bond donors (Lipinski definition) is 1. The number of ether oxygens (including phenoxy) is 2. The van der Waals surface area contributed by atoms with Gasteiger partial charge in [-0.25, -0.2) is 0 Å². The molecule has 144 valence electrons. The highest BCUT2D eigenvalue weighted by Gasteiger charge is 2.05. The van der Waals surface area contributed by atoms with Crippen LogP contribution in [0.2, 0.25) is 10.0 Å². The minimum Gasteiger partial charge on any atom is -0.496 e. The highest BCUT2D eigenvalue weighted by Crippen LogP contribution is 2.24. The number of halogens is 2. The molecule has 3 aromatic rings. The first-order valence-corrected chi connectivity index (χ1v) is 9.46. The molecule has 0 aliphatic rings. The number of rotatable bonds is 8. The van der Waals surface area contributed by atoms with Gasteiger partial charge in [-0.05, 0) is 30.3 Å². The van der Waals surface area contributed by atoms with Crippen molar-refractivity contribution in [2.24, 2.45) is 5.10 Å². The molecule has 0 aliphatic carbocycles. The smallest absolute Gasteiger partial charge is 0.128 e. The monoisotopic (exact) mass is 414 g/mol. The minimum absolute atomic E-state index is 0.343. The lowest BCUT2D eigenvalue weighted by Gasteiger charge is -2.10. The molecule has 0 atom stereocenters. The largest absolute Gasteiger partial charge is 0.496 e. The maximum Gasteiger partial charge on any atom is 0.128 e. The Balaban J connectivity index is 1.62. The van der Waals surface area contributed by atoms with Gasteiger partial charge in [0.05, 0.1) is 19.9 Å². The number of methoxy groups -OCH3 is 1. The Labute approximate surface area is 174 Å². The summed E-state index contributed by atoms with van der Waals surface area (Å²) in [6.45, 7) is 0.902. The molecule has 0 aliphatic heterocycles. The lowest BCUT2D eigenvalue weighted by Crippen LogP contribution is -2.07. The van der Waals surface area contributed by atoms with Gasteiger partial charge in [0.1, 0.15) is 18.1 Å². The van der Waals surface area contributed by atoms with Crippen LogP contribution in [0.5, 0.6) is 11.5 Å². The first kappa shape index (κ1) is 20.1. The second-order valence-electron chi connectivity index (χ2n) is 5.97. The number of benzene rings is 3. The first-order chi connectivity index (χ1) is 13.7. The summed E-state index contributed by atoms with van der Waals surface area (Å²) in [6, 6.07) is 20.9. The van der Waals surface area contributed by atoms with E-state index in [0.717, 1.165) is 28.2 Å². The van der Waals surface area contributed by atoms with Crippen LogP contribution in [0.3, 0.4) is 0 Å². The Morgan fingerprint density at radius 3 is 2.46 bits per heavy atom. The molecule has 0 radical (unpaired) electrons. The molecule has 0 amide bonds. The van der Waals surface area contributed by atoms with E-state index in [2.05, 4.69) is 10.5 Å². The van der Waals surface area contributed by atoms with Crippen molar-refractivity contribution in [3.8, 4) is 11.5 Å². The molecule has 1 N–H and O–H groups in total. The van der Waals surface area contributed by atoms with Crippen LogP contribution in [0.25, 0.3) is 0 Å². The number of hydrogen-bond acceptors (Lipinski definition) is 4. The topological polar surface area (TPSA) is 42.8 Å². The molecule has 0 aromatic heterocycles. The number of nitrogens with zero attached hydrogens (tertiary/aromatic N) is 1. The second kappa shape index (κ2) is 10.0. The average molecular weight is 415 g/mol. The van der Waals surface area contributed by atoms with Crippen LogP contribution in [-0.4, -0.2) is 13.3 Å². The molecule has 3 aromatic carbocycles. The number of nitrogens with one attached hydrogen (secondary N) is 1. The van der Waals surface area contributed by atoms with Gasteiger partial charge in [0.25, 0.3) is 0 Å². The molecule has 28 heavy (non-hydrogen) atoms. The van der Waals surface area contributed by atoms with Crippen LogP contribution in [0, 0.1) is 0 Å². The molecule has 0 fully saturated rings. The van der Waals surface area contributed by atoms with Gasteiger partial charge in [-0.2, -0.15) is 5.10 Å². The zero-order valence-corrected chi connectivity index (χ0v) is 16.9. The van der Waals surface area contributed by atoms with Gasteiger partial charge in [-0.1, -0.05) is 59.6 Å². The molecule has 3 rings (SSSR count). The van der Waals surface area contributed by atoms with E-state index in [1.807, 2.05) is 54.6 Å². The standard InChI is InChI=1S/C22H20Cl2N2O2/c1-27-21-8-4-2-6-16(21)13-25-26-14-17-7-3-5-9-22(17)28-15-18-10-11-19(23)12-20(18)24/h2-12,14,25H,13,15H2,1H3/b26-14+. The third kappa shape index (κ3) is 5.41. The highest BCUT2D eigenvalue weighted by atomic mass is 35.5. The molecule has 6 heteroatoms. The van der Waals surface area contributed by atoms with Gasteiger partial charge in [0, 0.05) is 26.7 Å². The van der Waals surface area contributed by atoms with E-state index < -0.39 is 0 Å². The minimum atomic E-state index is 0.343. The SMILES string of the molecule is COc1ccccc1CN/N=C/c1ccccc1OCc1ccc(Cl)cc1Cl. The van der Waals surface area contributed by atoms with Crippen molar-refractivity contribution in [1.82, 2.24) is 5.43 Å². The van der Waals surface area contributed by atoms with Crippen LogP contribution in [0.4, 0.5) is 0 Å². The maximum atomic E-state index is 6.21. The first-order valence-electron chi connectivity index (χ1n) is 8.71. The number of hydrazone groups is 1. The van der Waals surface area contributed by atoms with Crippen LogP contribution < -0.4 is 14.9 Å². The van der Waals surface area contributed by atoms with Gasteiger partial charge in [0.2, 0.25) is 0 Å². The summed E-state index contributed by atoms with van der Waals surface area (Å²) in [5, 5.41) is 5.48. The summed E-state index contributed by atoms with van der Waals surface area (Å²) in [5.41, 5.74) is 5.80. The maximum absolute atomic E-state index is 6.21. The van der Waals surface area contributed by atoms with Crippen molar-refractivity contribution in [3.05, 3.63) is 93.5 Å². The Kier molecular flexibility index (Phi) is 7.18. The van der Waals surface area contributed by atoms with Crippen LogP contribution in [0.15, 0.2) is 71.8 Å². The molecule has 4 nitrogen and oxygen atoms in total. The molecule has 0 saturated carbocycles.